The van der Waals surface area contributed by atoms with E-state index in [9.17, 15) is 14.4 Å². The van der Waals surface area contributed by atoms with Crippen LogP contribution in [0.3, 0.4) is 0 Å². The first kappa shape index (κ1) is 20.2. The number of benzene rings is 2. The molecule has 0 atom stereocenters. The van der Waals surface area contributed by atoms with E-state index in [4.69, 9.17) is 16.3 Å². The normalized spacial score (nSPS) is 10.6. The molecule has 0 unspecified atom stereocenters. The van der Waals surface area contributed by atoms with Crippen molar-refractivity contribution < 1.29 is 14.3 Å². The summed E-state index contributed by atoms with van der Waals surface area (Å²) in [5.74, 6) is -1.43. The van der Waals surface area contributed by atoms with E-state index in [2.05, 4.69) is 15.4 Å². The topological polar surface area (TPSA) is 103 Å². The van der Waals surface area contributed by atoms with E-state index in [-0.39, 0.29) is 16.4 Å². The number of rotatable bonds is 5. The number of hydrogen-bond acceptors (Lipinski definition) is 6. The maximum atomic E-state index is 12.9. The molecule has 0 radical (unpaired) electrons. The highest BCUT2D eigenvalue weighted by molar-refractivity contribution is 6.32. The van der Waals surface area contributed by atoms with Crippen LogP contribution in [0.25, 0.3) is 16.5 Å². The lowest BCUT2D eigenvalue weighted by Crippen LogP contribution is -2.26. The Bertz CT molecular complexity index is 1340. The Balaban J connectivity index is 1.62. The van der Waals surface area contributed by atoms with Crippen LogP contribution in [-0.4, -0.2) is 33.2 Å². The highest BCUT2D eigenvalue weighted by Gasteiger charge is 2.20. The first-order valence-corrected chi connectivity index (χ1v) is 9.57. The molecule has 0 saturated carbocycles. The molecule has 154 valence electrons. The van der Waals surface area contributed by atoms with E-state index < -0.39 is 18.5 Å². The zero-order valence-corrected chi connectivity index (χ0v) is 16.7. The molecule has 2 aromatic carbocycles. The van der Waals surface area contributed by atoms with Crippen molar-refractivity contribution in [2.24, 2.45) is 0 Å². The summed E-state index contributed by atoms with van der Waals surface area (Å²) in [7, 11) is 0. The molecule has 2 aromatic heterocycles. The summed E-state index contributed by atoms with van der Waals surface area (Å²) in [5, 5.41) is 7.48. The minimum Gasteiger partial charge on any atom is -0.451 e. The van der Waals surface area contributed by atoms with Gasteiger partial charge in [-0.05, 0) is 30.3 Å². The number of carbonyl (C=O) groups excluding carboxylic acids is 2. The monoisotopic (exact) mass is 434 g/mol. The molecule has 0 aliphatic rings. The summed E-state index contributed by atoms with van der Waals surface area (Å²) >= 11 is 5.91. The summed E-state index contributed by atoms with van der Waals surface area (Å²) in [6, 6.07) is 18.5. The fourth-order valence-electron chi connectivity index (χ4n) is 2.95. The van der Waals surface area contributed by atoms with Crippen LogP contribution in [0.15, 0.2) is 77.7 Å². The van der Waals surface area contributed by atoms with Crippen LogP contribution in [0, 0.1) is 0 Å². The first-order chi connectivity index (χ1) is 15.0. The average molecular weight is 435 g/mol. The molecule has 2 heterocycles. The summed E-state index contributed by atoms with van der Waals surface area (Å²) in [5.41, 5.74) is 0.344. The summed E-state index contributed by atoms with van der Waals surface area (Å²) in [6.07, 6.45) is 1.48. The van der Waals surface area contributed by atoms with Crippen LogP contribution in [0.2, 0.25) is 5.15 Å². The second-order valence-electron chi connectivity index (χ2n) is 6.41. The predicted molar refractivity (Wildman–Crippen MR) is 115 cm³/mol. The van der Waals surface area contributed by atoms with Gasteiger partial charge in [0, 0.05) is 11.6 Å². The lowest BCUT2D eigenvalue weighted by molar-refractivity contribution is -0.119. The van der Waals surface area contributed by atoms with Crippen LogP contribution in [0.4, 0.5) is 5.69 Å². The Morgan fingerprint density at radius 2 is 1.68 bits per heavy atom. The van der Waals surface area contributed by atoms with Gasteiger partial charge in [-0.15, -0.1) is 0 Å². The zero-order valence-electron chi connectivity index (χ0n) is 16.0. The zero-order chi connectivity index (χ0) is 21.8. The molecule has 9 heteroatoms. The van der Waals surface area contributed by atoms with E-state index in [1.54, 1.807) is 66.7 Å². The number of halogens is 1. The van der Waals surface area contributed by atoms with Crippen molar-refractivity contribution in [3.8, 4) is 5.69 Å². The minimum absolute atomic E-state index is 0.0775. The molecule has 0 saturated heterocycles. The molecule has 0 spiro atoms. The number of esters is 1. The molecule has 1 amide bonds. The van der Waals surface area contributed by atoms with Crippen molar-refractivity contribution in [1.29, 1.82) is 0 Å². The number of fused-ring (bicyclic) bond motifs is 1. The number of nitrogens with one attached hydrogen (secondary N) is 1. The van der Waals surface area contributed by atoms with Crippen molar-refractivity contribution in [2.75, 3.05) is 11.9 Å². The number of para-hydroxylation sites is 1. The van der Waals surface area contributed by atoms with Crippen molar-refractivity contribution in [3.63, 3.8) is 0 Å². The molecule has 0 fully saturated rings. The van der Waals surface area contributed by atoms with Gasteiger partial charge < -0.3 is 10.1 Å². The number of amides is 1. The Morgan fingerprint density at radius 1 is 0.968 bits per heavy atom. The highest BCUT2D eigenvalue weighted by atomic mass is 35.5. The van der Waals surface area contributed by atoms with E-state index in [0.717, 1.165) is 4.68 Å². The highest BCUT2D eigenvalue weighted by Crippen LogP contribution is 2.18. The molecule has 8 nitrogen and oxygen atoms in total. The molecule has 0 aliphatic heterocycles. The molecule has 0 aliphatic carbocycles. The molecular formula is C22H15ClN4O4. The van der Waals surface area contributed by atoms with Crippen molar-refractivity contribution in [1.82, 2.24) is 14.8 Å². The lowest BCUT2D eigenvalue weighted by atomic mass is 10.1. The number of anilines is 1. The Hall–Kier alpha value is -4.04. The van der Waals surface area contributed by atoms with E-state index in [1.165, 1.54) is 6.20 Å². The van der Waals surface area contributed by atoms with Crippen molar-refractivity contribution in [3.05, 3.63) is 94.1 Å². The van der Waals surface area contributed by atoms with Gasteiger partial charge >= 0.3 is 5.97 Å². The minimum atomic E-state index is -0.840. The Morgan fingerprint density at radius 3 is 2.42 bits per heavy atom. The fraction of sp³-hybridized carbons (Fsp3) is 0.0455. The lowest BCUT2D eigenvalue weighted by Gasteiger charge is -2.11. The second kappa shape index (κ2) is 8.76. The van der Waals surface area contributed by atoms with Crippen molar-refractivity contribution in [2.45, 2.75) is 0 Å². The molecule has 0 bridgehead atoms. The maximum absolute atomic E-state index is 12.9. The van der Waals surface area contributed by atoms with Gasteiger partial charge in [0.15, 0.2) is 17.5 Å². The van der Waals surface area contributed by atoms with Crippen LogP contribution in [-0.2, 0) is 9.53 Å². The van der Waals surface area contributed by atoms with Gasteiger partial charge in [-0.3, -0.25) is 9.59 Å². The molecule has 31 heavy (non-hydrogen) atoms. The second-order valence-corrected chi connectivity index (χ2v) is 6.77. The predicted octanol–water partition coefficient (Wildman–Crippen LogP) is 3.23. The Kier molecular flexibility index (Phi) is 5.72. The molecule has 1 N–H and O–H groups in total. The van der Waals surface area contributed by atoms with Crippen LogP contribution in [0.5, 0.6) is 0 Å². The van der Waals surface area contributed by atoms with E-state index >= 15 is 0 Å². The summed E-state index contributed by atoms with van der Waals surface area (Å²) in [6.45, 7) is -0.565. The molecule has 4 aromatic rings. The fourth-order valence-corrected chi connectivity index (χ4v) is 3.12. The van der Waals surface area contributed by atoms with Crippen LogP contribution in [0.1, 0.15) is 10.5 Å². The molecule has 4 rings (SSSR count). The number of nitrogens with zero attached hydrogens (tertiary/aromatic N) is 3. The summed E-state index contributed by atoms with van der Waals surface area (Å²) in [4.78, 5) is 41.6. The first-order valence-electron chi connectivity index (χ1n) is 9.19. The summed E-state index contributed by atoms with van der Waals surface area (Å²) < 4.78 is 6.28. The van der Waals surface area contributed by atoms with Crippen molar-refractivity contribution >= 4 is 39.9 Å². The van der Waals surface area contributed by atoms with Gasteiger partial charge in [0.1, 0.15) is 0 Å². The van der Waals surface area contributed by atoms with Gasteiger partial charge in [0.05, 0.1) is 16.8 Å². The standard InChI is InChI=1S/C22H15ClN4O4/c23-20-17(11-6-12-24-20)25-18(28)13-31-22(30)19-15-9-4-5-10-16(15)21(29)27(26-19)14-7-2-1-3-8-14/h1-12H,13H2,(H,25,28). The SMILES string of the molecule is O=C(COC(=O)c1nn(-c2ccccc2)c(=O)c2ccccc12)Nc1cccnc1Cl. The third-order valence-corrected chi connectivity index (χ3v) is 4.67. The van der Waals surface area contributed by atoms with Crippen LogP contribution < -0.4 is 10.9 Å². The van der Waals surface area contributed by atoms with Crippen LogP contribution >= 0.6 is 11.6 Å². The largest absolute Gasteiger partial charge is 0.451 e. The third-order valence-electron chi connectivity index (χ3n) is 4.37. The smallest absolute Gasteiger partial charge is 0.359 e. The van der Waals surface area contributed by atoms with E-state index in [1.807, 2.05) is 0 Å². The van der Waals surface area contributed by atoms with Gasteiger partial charge in [0.25, 0.3) is 11.5 Å². The van der Waals surface area contributed by atoms with Gasteiger partial charge in [-0.25, -0.2) is 9.78 Å². The quantitative estimate of drug-likeness (QED) is 0.382. The Labute approximate surface area is 181 Å². The number of carbonyl (C=O) groups is 2. The molecular weight excluding hydrogens is 420 g/mol. The number of aromatic nitrogens is 3. The maximum Gasteiger partial charge on any atom is 0.359 e. The average Bonchev–Trinajstić information content (AvgIpc) is 2.80. The van der Waals surface area contributed by atoms with E-state index in [0.29, 0.717) is 22.1 Å². The number of hydrogen-bond donors (Lipinski definition) is 1. The van der Waals surface area contributed by atoms with Gasteiger partial charge in [-0.2, -0.15) is 9.78 Å². The third kappa shape index (κ3) is 4.29. The number of ether oxygens (including phenoxy) is 1. The number of pyridine rings is 1. The van der Waals surface area contributed by atoms with Gasteiger partial charge in [0.2, 0.25) is 0 Å². The van der Waals surface area contributed by atoms with Gasteiger partial charge in [-0.1, -0.05) is 48.0 Å².